The number of nitrogens with zero attached hydrogens (tertiary/aromatic N) is 1. The molecule has 1 unspecified atom stereocenters. The molecule has 0 radical (unpaired) electrons. The summed E-state index contributed by atoms with van der Waals surface area (Å²) in [5.41, 5.74) is 0.418. The lowest BCUT2D eigenvalue weighted by Gasteiger charge is -2.31. The smallest absolute Gasteiger partial charge is 0.301 e. The summed E-state index contributed by atoms with van der Waals surface area (Å²) in [6.45, 7) is 0.836. The second-order valence-electron chi connectivity index (χ2n) is 4.86. The van der Waals surface area contributed by atoms with Crippen LogP contribution in [0.4, 0.5) is 5.69 Å². The van der Waals surface area contributed by atoms with Crippen LogP contribution in [0.2, 0.25) is 0 Å². The highest BCUT2D eigenvalue weighted by atomic mass is 32.2. The maximum atomic E-state index is 12.4. The number of piperidine rings is 1. The summed E-state index contributed by atoms with van der Waals surface area (Å²) < 4.78 is 33.8. The van der Waals surface area contributed by atoms with Crippen molar-refractivity contribution in [2.24, 2.45) is 5.92 Å². The average Bonchev–Trinajstić information content (AvgIpc) is 2.47. The van der Waals surface area contributed by atoms with Crippen LogP contribution in [0.15, 0.2) is 24.3 Å². The molecular formula is C13H20N2O4S. The zero-order valence-electron chi connectivity index (χ0n) is 11.4. The number of ether oxygens (including phenoxy) is 1. The van der Waals surface area contributed by atoms with Crippen LogP contribution in [0, 0.1) is 5.92 Å². The maximum absolute atomic E-state index is 12.4. The summed E-state index contributed by atoms with van der Waals surface area (Å²) in [6, 6.07) is 6.88. The first-order valence-electron chi connectivity index (χ1n) is 6.58. The number of hydrogen-bond acceptors (Lipinski definition) is 4. The van der Waals surface area contributed by atoms with Gasteiger partial charge in [0.25, 0.3) is 0 Å². The number of para-hydroxylation sites is 2. The third kappa shape index (κ3) is 3.41. The molecule has 7 heteroatoms. The number of benzene rings is 1. The van der Waals surface area contributed by atoms with Gasteiger partial charge in [0.05, 0.1) is 12.8 Å². The van der Waals surface area contributed by atoms with Crippen LogP contribution in [-0.2, 0) is 10.2 Å². The van der Waals surface area contributed by atoms with E-state index in [0.717, 1.165) is 12.8 Å². The van der Waals surface area contributed by atoms with Gasteiger partial charge in [0.15, 0.2) is 0 Å². The van der Waals surface area contributed by atoms with Crippen molar-refractivity contribution >= 4 is 15.9 Å². The molecule has 0 bridgehead atoms. The second-order valence-corrected chi connectivity index (χ2v) is 6.53. The van der Waals surface area contributed by atoms with Crippen LogP contribution in [0.25, 0.3) is 0 Å². The van der Waals surface area contributed by atoms with Crippen molar-refractivity contribution in [1.29, 1.82) is 0 Å². The van der Waals surface area contributed by atoms with Gasteiger partial charge in [-0.05, 0) is 30.9 Å². The standard InChI is InChI=1S/C13H20N2O4S/c1-19-13-7-3-2-6-12(13)14-20(17,18)15-8-4-5-11(9-15)10-16/h2-3,6-7,11,14,16H,4-5,8-10H2,1H3. The largest absolute Gasteiger partial charge is 0.495 e. The molecule has 1 atom stereocenters. The Morgan fingerprint density at radius 3 is 2.90 bits per heavy atom. The lowest BCUT2D eigenvalue weighted by Crippen LogP contribution is -2.43. The molecule has 0 saturated carbocycles. The van der Waals surface area contributed by atoms with Crippen LogP contribution in [0.5, 0.6) is 5.75 Å². The molecule has 1 aliphatic rings. The Hall–Kier alpha value is -1.31. The molecule has 0 spiro atoms. The molecule has 1 aromatic carbocycles. The van der Waals surface area contributed by atoms with Gasteiger partial charge in [-0.15, -0.1) is 0 Å². The highest BCUT2D eigenvalue weighted by Crippen LogP contribution is 2.26. The Balaban J connectivity index is 2.14. The van der Waals surface area contributed by atoms with Gasteiger partial charge in [-0.1, -0.05) is 12.1 Å². The molecule has 0 aliphatic carbocycles. The van der Waals surface area contributed by atoms with E-state index in [-0.39, 0.29) is 12.5 Å². The molecule has 6 nitrogen and oxygen atoms in total. The minimum atomic E-state index is -3.62. The van der Waals surface area contributed by atoms with E-state index < -0.39 is 10.2 Å². The predicted molar refractivity (Wildman–Crippen MR) is 76.9 cm³/mol. The summed E-state index contributed by atoms with van der Waals surface area (Å²) in [5.74, 6) is 0.491. The van der Waals surface area contributed by atoms with E-state index >= 15 is 0 Å². The minimum Gasteiger partial charge on any atom is -0.495 e. The number of methoxy groups -OCH3 is 1. The normalized spacial score (nSPS) is 20.6. The summed E-state index contributed by atoms with van der Waals surface area (Å²) in [5, 5.41) is 9.18. The summed E-state index contributed by atoms with van der Waals surface area (Å²) in [4.78, 5) is 0. The SMILES string of the molecule is COc1ccccc1NS(=O)(=O)N1CCCC(CO)C1. The summed E-state index contributed by atoms with van der Waals surface area (Å²) in [7, 11) is -2.12. The molecule has 0 amide bonds. The molecule has 1 aromatic rings. The molecule has 0 aromatic heterocycles. The molecule has 1 aliphatic heterocycles. The monoisotopic (exact) mass is 300 g/mol. The fraction of sp³-hybridized carbons (Fsp3) is 0.538. The highest BCUT2D eigenvalue weighted by molar-refractivity contribution is 7.90. The maximum Gasteiger partial charge on any atom is 0.301 e. The molecule has 2 N–H and O–H groups in total. The van der Waals surface area contributed by atoms with Crippen molar-refractivity contribution in [3.05, 3.63) is 24.3 Å². The van der Waals surface area contributed by atoms with Crippen molar-refractivity contribution in [2.45, 2.75) is 12.8 Å². The molecule has 2 rings (SSSR count). The van der Waals surface area contributed by atoms with Crippen LogP contribution in [-0.4, -0.2) is 44.6 Å². The summed E-state index contributed by atoms with van der Waals surface area (Å²) >= 11 is 0. The van der Waals surface area contributed by atoms with Crippen LogP contribution in [0.3, 0.4) is 0 Å². The minimum absolute atomic E-state index is 0.0120. The van der Waals surface area contributed by atoms with Gasteiger partial charge in [-0.3, -0.25) is 4.72 Å². The van der Waals surface area contributed by atoms with Gasteiger partial charge in [-0.2, -0.15) is 12.7 Å². The second kappa shape index (κ2) is 6.43. The highest BCUT2D eigenvalue weighted by Gasteiger charge is 2.29. The lowest BCUT2D eigenvalue weighted by atomic mass is 10.0. The van der Waals surface area contributed by atoms with Crippen molar-refractivity contribution in [3.8, 4) is 5.75 Å². The third-order valence-corrected chi connectivity index (χ3v) is 4.92. The average molecular weight is 300 g/mol. The Morgan fingerprint density at radius 1 is 1.45 bits per heavy atom. The molecule has 1 heterocycles. The molecular weight excluding hydrogens is 280 g/mol. The van der Waals surface area contributed by atoms with Crippen LogP contribution >= 0.6 is 0 Å². The predicted octanol–water partition coefficient (Wildman–Crippen LogP) is 1.06. The Kier molecular flexibility index (Phi) is 4.85. The topological polar surface area (TPSA) is 78.9 Å². The van der Waals surface area contributed by atoms with Crippen LogP contribution < -0.4 is 9.46 Å². The van der Waals surface area contributed by atoms with E-state index in [9.17, 15) is 13.5 Å². The Labute approximate surface area is 119 Å². The fourth-order valence-corrected chi connectivity index (χ4v) is 3.68. The fourth-order valence-electron chi connectivity index (χ4n) is 2.33. The molecule has 112 valence electrons. The third-order valence-electron chi connectivity index (χ3n) is 3.43. The van der Waals surface area contributed by atoms with Gasteiger partial charge in [0.1, 0.15) is 5.75 Å². The van der Waals surface area contributed by atoms with Gasteiger partial charge in [0.2, 0.25) is 0 Å². The zero-order chi connectivity index (χ0) is 14.6. The van der Waals surface area contributed by atoms with Gasteiger partial charge in [-0.25, -0.2) is 0 Å². The number of aliphatic hydroxyl groups is 1. The van der Waals surface area contributed by atoms with Crippen molar-refractivity contribution in [1.82, 2.24) is 4.31 Å². The molecule has 1 fully saturated rings. The first-order chi connectivity index (χ1) is 9.56. The molecule has 1 saturated heterocycles. The number of aliphatic hydroxyl groups excluding tert-OH is 1. The van der Waals surface area contributed by atoms with Gasteiger partial charge >= 0.3 is 10.2 Å². The quantitative estimate of drug-likeness (QED) is 0.852. The van der Waals surface area contributed by atoms with Crippen molar-refractivity contribution in [2.75, 3.05) is 31.5 Å². The van der Waals surface area contributed by atoms with Crippen molar-refractivity contribution < 1.29 is 18.3 Å². The number of nitrogens with one attached hydrogen (secondary N) is 1. The van der Waals surface area contributed by atoms with E-state index in [1.807, 2.05) is 0 Å². The van der Waals surface area contributed by atoms with Crippen molar-refractivity contribution in [3.63, 3.8) is 0 Å². The van der Waals surface area contributed by atoms with E-state index in [4.69, 9.17) is 4.74 Å². The number of rotatable bonds is 5. The van der Waals surface area contributed by atoms with E-state index in [2.05, 4.69) is 4.72 Å². The zero-order valence-corrected chi connectivity index (χ0v) is 12.3. The lowest BCUT2D eigenvalue weighted by molar-refractivity contribution is 0.166. The Morgan fingerprint density at radius 2 is 2.20 bits per heavy atom. The van der Waals surface area contributed by atoms with E-state index in [1.165, 1.54) is 11.4 Å². The van der Waals surface area contributed by atoms with Gasteiger partial charge < -0.3 is 9.84 Å². The summed E-state index contributed by atoms with van der Waals surface area (Å²) in [6.07, 6.45) is 1.62. The van der Waals surface area contributed by atoms with Crippen LogP contribution in [0.1, 0.15) is 12.8 Å². The first kappa shape index (κ1) is 15.1. The Bertz CT molecular complexity index is 547. The first-order valence-corrected chi connectivity index (χ1v) is 8.02. The number of hydrogen-bond donors (Lipinski definition) is 2. The van der Waals surface area contributed by atoms with E-state index in [0.29, 0.717) is 24.5 Å². The molecule has 20 heavy (non-hydrogen) atoms. The van der Waals surface area contributed by atoms with Gasteiger partial charge in [0, 0.05) is 19.7 Å². The number of anilines is 1. The van der Waals surface area contributed by atoms with E-state index in [1.54, 1.807) is 24.3 Å².